The topological polar surface area (TPSA) is 52.8 Å². The van der Waals surface area contributed by atoms with Crippen molar-refractivity contribution in [3.05, 3.63) is 30.2 Å². The van der Waals surface area contributed by atoms with Crippen molar-refractivity contribution in [2.24, 2.45) is 7.05 Å². The van der Waals surface area contributed by atoms with E-state index in [4.69, 9.17) is 11.2 Å². The number of terminal acetylenes is 1. The van der Waals surface area contributed by atoms with Gasteiger partial charge in [-0.2, -0.15) is 13.2 Å². The number of hydrogen-bond donors (Lipinski definition) is 0. The molecule has 9 heteroatoms. The number of fused-ring (bicyclic) bond motifs is 1. The number of rotatable bonds is 5. The summed E-state index contributed by atoms with van der Waals surface area (Å²) in [6, 6.07) is 2.74. The number of ether oxygens (including phenoxy) is 1. The first-order valence-corrected chi connectivity index (χ1v) is 8.92. The number of halogens is 3. The van der Waals surface area contributed by atoms with Crippen molar-refractivity contribution in [2.75, 3.05) is 12.4 Å². The van der Waals surface area contributed by atoms with Gasteiger partial charge >= 0.3 is 6.18 Å². The van der Waals surface area contributed by atoms with Crippen molar-refractivity contribution in [2.45, 2.75) is 18.0 Å². The summed E-state index contributed by atoms with van der Waals surface area (Å²) >= 11 is 1.53. The number of aromatic nitrogens is 4. The Labute approximate surface area is 158 Å². The van der Waals surface area contributed by atoms with E-state index in [1.165, 1.54) is 24.2 Å². The number of aryl methyl sites for hydroxylation is 1. The summed E-state index contributed by atoms with van der Waals surface area (Å²) in [5, 5.41) is 0. The van der Waals surface area contributed by atoms with Crippen molar-refractivity contribution in [3.8, 4) is 29.6 Å². The molecule has 0 fully saturated rings. The second kappa shape index (κ2) is 7.48. The SMILES string of the molecule is C#CCOc1cnc(-c2nc3cc(C(F)(F)F)ncc3n2C)c(SCC)c1. The average Bonchev–Trinajstić information content (AvgIpc) is 2.96. The van der Waals surface area contributed by atoms with Crippen LogP contribution in [0.15, 0.2) is 29.4 Å². The minimum atomic E-state index is -4.52. The molecule has 140 valence electrons. The van der Waals surface area contributed by atoms with E-state index < -0.39 is 11.9 Å². The third kappa shape index (κ3) is 3.85. The van der Waals surface area contributed by atoms with Crippen molar-refractivity contribution in [1.82, 2.24) is 19.5 Å². The highest BCUT2D eigenvalue weighted by Gasteiger charge is 2.33. The predicted octanol–water partition coefficient (Wildman–Crippen LogP) is 4.17. The first-order valence-electron chi connectivity index (χ1n) is 7.94. The molecule has 3 aromatic rings. The van der Waals surface area contributed by atoms with Crippen LogP contribution in [0.1, 0.15) is 12.6 Å². The van der Waals surface area contributed by atoms with Crippen LogP contribution >= 0.6 is 11.8 Å². The number of thioether (sulfide) groups is 1. The van der Waals surface area contributed by atoms with E-state index in [9.17, 15) is 13.2 Å². The lowest BCUT2D eigenvalue weighted by Gasteiger charge is -2.10. The Morgan fingerprint density at radius 1 is 1.26 bits per heavy atom. The van der Waals surface area contributed by atoms with Gasteiger partial charge in [0.25, 0.3) is 0 Å². The summed E-state index contributed by atoms with van der Waals surface area (Å²) in [4.78, 5) is 13.1. The molecule has 0 saturated carbocycles. The molecule has 0 N–H and O–H groups in total. The van der Waals surface area contributed by atoms with Gasteiger partial charge in [0.1, 0.15) is 23.7 Å². The van der Waals surface area contributed by atoms with E-state index in [0.717, 1.165) is 16.7 Å². The first kappa shape index (κ1) is 19.0. The maximum absolute atomic E-state index is 12.9. The zero-order valence-corrected chi connectivity index (χ0v) is 15.4. The number of hydrogen-bond acceptors (Lipinski definition) is 5. The lowest BCUT2D eigenvalue weighted by Crippen LogP contribution is -2.07. The van der Waals surface area contributed by atoms with Crippen LogP contribution in [0, 0.1) is 12.3 Å². The minimum Gasteiger partial charge on any atom is -0.479 e. The maximum Gasteiger partial charge on any atom is 0.433 e. The first-order chi connectivity index (χ1) is 12.8. The van der Waals surface area contributed by atoms with E-state index in [2.05, 4.69) is 20.9 Å². The Balaban J connectivity index is 2.11. The minimum absolute atomic E-state index is 0.120. The van der Waals surface area contributed by atoms with Crippen LogP contribution in [0.2, 0.25) is 0 Å². The lowest BCUT2D eigenvalue weighted by molar-refractivity contribution is -0.141. The van der Waals surface area contributed by atoms with E-state index in [1.807, 2.05) is 6.92 Å². The van der Waals surface area contributed by atoms with E-state index in [1.54, 1.807) is 17.7 Å². The normalized spacial score (nSPS) is 11.6. The van der Waals surface area contributed by atoms with Crippen molar-refractivity contribution >= 4 is 22.8 Å². The largest absolute Gasteiger partial charge is 0.479 e. The Hall–Kier alpha value is -2.73. The molecule has 0 aliphatic rings. The quantitative estimate of drug-likeness (QED) is 0.482. The second-order valence-electron chi connectivity index (χ2n) is 5.49. The average molecular weight is 392 g/mol. The van der Waals surface area contributed by atoms with Gasteiger partial charge in [0, 0.05) is 11.9 Å². The molecule has 5 nitrogen and oxygen atoms in total. The standard InChI is InChI=1S/C18H15F3N4OS/c1-4-6-26-11-7-14(27-5-2)16(23-9-11)17-24-12-8-15(18(19,20)21)22-10-13(12)25(17)3/h1,7-10H,5-6H2,2-3H3. The van der Waals surface area contributed by atoms with Gasteiger partial charge in [-0.25, -0.2) is 15.0 Å². The Kier molecular flexibility index (Phi) is 5.28. The van der Waals surface area contributed by atoms with Gasteiger partial charge in [0.05, 0.1) is 23.4 Å². The van der Waals surface area contributed by atoms with Crippen LogP contribution in [0.4, 0.5) is 13.2 Å². The van der Waals surface area contributed by atoms with Gasteiger partial charge in [0.15, 0.2) is 5.82 Å². The van der Waals surface area contributed by atoms with Gasteiger partial charge in [-0.15, -0.1) is 18.2 Å². The van der Waals surface area contributed by atoms with Gasteiger partial charge in [0.2, 0.25) is 0 Å². The van der Waals surface area contributed by atoms with Gasteiger partial charge < -0.3 is 9.30 Å². The Morgan fingerprint density at radius 2 is 2.04 bits per heavy atom. The van der Waals surface area contributed by atoms with E-state index in [-0.39, 0.29) is 12.1 Å². The van der Waals surface area contributed by atoms with Crippen molar-refractivity contribution in [3.63, 3.8) is 0 Å². The number of pyridine rings is 2. The summed E-state index contributed by atoms with van der Waals surface area (Å²) in [6.45, 7) is 2.10. The third-order valence-electron chi connectivity index (χ3n) is 3.72. The molecule has 3 rings (SSSR count). The number of alkyl halides is 3. The molecular weight excluding hydrogens is 377 g/mol. The summed E-state index contributed by atoms with van der Waals surface area (Å²) < 4.78 is 45.8. The summed E-state index contributed by atoms with van der Waals surface area (Å²) in [5.74, 6) is 4.13. The predicted molar refractivity (Wildman–Crippen MR) is 97.5 cm³/mol. The molecule has 0 aromatic carbocycles. The summed E-state index contributed by atoms with van der Waals surface area (Å²) in [6.07, 6.45) is 3.37. The highest BCUT2D eigenvalue weighted by Crippen LogP contribution is 2.34. The van der Waals surface area contributed by atoms with Gasteiger partial charge in [-0.3, -0.25) is 0 Å². The van der Waals surface area contributed by atoms with Crippen molar-refractivity contribution in [1.29, 1.82) is 0 Å². The third-order valence-corrected chi connectivity index (χ3v) is 4.63. The molecule has 0 atom stereocenters. The van der Waals surface area contributed by atoms with E-state index in [0.29, 0.717) is 22.8 Å². The fourth-order valence-corrected chi connectivity index (χ4v) is 3.31. The molecule has 0 aliphatic heterocycles. The molecule has 0 radical (unpaired) electrons. The fourth-order valence-electron chi connectivity index (χ4n) is 2.52. The molecule has 27 heavy (non-hydrogen) atoms. The Bertz CT molecular complexity index is 1020. The molecule has 0 spiro atoms. The smallest absolute Gasteiger partial charge is 0.433 e. The summed E-state index contributed by atoms with van der Waals surface area (Å²) in [5.41, 5.74) is 0.271. The van der Waals surface area contributed by atoms with Crippen LogP contribution in [0.3, 0.4) is 0 Å². The lowest BCUT2D eigenvalue weighted by atomic mass is 10.3. The summed E-state index contributed by atoms with van der Waals surface area (Å²) in [7, 11) is 1.71. The van der Waals surface area contributed by atoms with Gasteiger partial charge in [-0.05, 0) is 17.9 Å². The molecule has 0 bridgehead atoms. The molecule has 3 heterocycles. The zero-order valence-electron chi connectivity index (χ0n) is 14.5. The van der Waals surface area contributed by atoms with Crippen LogP contribution < -0.4 is 4.74 Å². The Morgan fingerprint density at radius 3 is 2.70 bits per heavy atom. The highest BCUT2D eigenvalue weighted by atomic mass is 32.2. The molecule has 3 aromatic heterocycles. The van der Waals surface area contributed by atoms with Gasteiger partial charge in [-0.1, -0.05) is 12.8 Å². The van der Waals surface area contributed by atoms with Crippen LogP contribution in [0.25, 0.3) is 22.6 Å². The number of imidazole rings is 1. The number of nitrogens with zero attached hydrogens (tertiary/aromatic N) is 4. The van der Waals surface area contributed by atoms with Crippen LogP contribution in [-0.4, -0.2) is 31.9 Å². The van der Waals surface area contributed by atoms with E-state index >= 15 is 0 Å². The highest BCUT2D eigenvalue weighted by molar-refractivity contribution is 7.99. The maximum atomic E-state index is 12.9. The molecule has 0 amide bonds. The van der Waals surface area contributed by atoms with Crippen LogP contribution in [0.5, 0.6) is 5.75 Å². The van der Waals surface area contributed by atoms with Crippen LogP contribution in [-0.2, 0) is 13.2 Å². The fraction of sp³-hybridized carbons (Fsp3) is 0.278. The van der Waals surface area contributed by atoms with Crippen molar-refractivity contribution < 1.29 is 17.9 Å². The molecule has 0 saturated heterocycles. The molecular formula is C18H15F3N4OS. The molecule has 0 unspecified atom stereocenters. The second-order valence-corrected chi connectivity index (χ2v) is 6.80. The monoisotopic (exact) mass is 392 g/mol. The molecule has 0 aliphatic carbocycles. The zero-order chi connectivity index (χ0) is 19.6.